The molecule has 0 atom stereocenters. The van der Waals surface area contributed by atoms with Crippen molar-refractivity contribution in [3.8, 4) is 5.75 Å². The standard InChI is InChI=1S/C16H21N3O/c1-19(10-8-15-5-3-4-9-18-15)12-13-6-7-14(17)11-16(13)20-2/h3-7,9,11H,8,10,12,17H2,1-2H3. The number of pyridine rings is 1. The highest BCUT2D eigenvalue weighted by Gasteiger charge is 2.07. The second-order valence-electron chi connectivity index (χ2n) is 4.88. The molecule has 2 N–H and O–H groups in total. The molecule has 2 aromatic rings. The summed E-state index contributed by atoms with van der Waals surface area (Å²) in [5.74, 6) is 0.842. The number of aromatic nitrogens is 1. The molecular weight excluding hydrogens is 250 g/mol. The van der Waals surface area contributed by atoms with Gasteiger partial charge in [0.2, 0.25) is 0 Å². The average Bonchev–Trinajstić information content (AvgIpc) is 2.48. The first-order valence-electron chi connectivity index (χ1n) is 6.70. The van der Waals surface area contributed by atoms with Crippen LogP contribution >= 0.6 is 0 Å². The Kier molecular flexibility index (Phi) is 4.96. The molecule has 0 aliphatic carbocycles. The maximum absolute atomic E-state index is 5.77. The van der Waals surface area contributed by atoms with Crippen molar-refractivity contribution in [2.75, 3.05) is 26.4 Å². The first-order valence-corrected chi connectivity index (χ1v) is 6.70. The number of methoxy groups -OCH3 is 1. The van der Waals surface area contributed by atoms with Crippen molar-refractivity contribution < 1.29 is 4.74 Å². The summed E-state index contributed by atoms with van der Waals surface area (Å²) in [4.78, 5) is 6.59. The zero-order chi connectivity index (χ0) is 14.4. The van der Waals surface area contributed by atoms with E-state index in [1.807, 2.05) is 36.5 Å². The van der Waals surface area contributed by atoms with Gasteiger partial charge in [0, 0.05) is 48.7 Å². The quantitative estimate of drug-likeness (QED) is 0.819. The van der Waals surface area contributed by atoms with Crippen molar-refractivity contribution in [1.29, 1.82) is 0 Å². The van der Waals surface area contributed by atoms with E-state index in [0.29, 0.717) is 0 Å². The van der Waals surface area contributed by atoms with E-state index < -0.39 is 0 Å². The molecule has 0 unspecified atom stereocenters. The first-order chi connectivity index (χ1) is 9.69. The van der Waals surface area contributed by atoms with Crippen LogP contribution in [-0.2, 0) is 13.0 Å². The highest BCUT2D eigenvalue weighted by atomic mass is 16.5. The summed E-state index contributed by atoms with van der Waals surface area (Å²) >= 11 is 0. The lowest BCUT2D eigenvalue weighted by atomic mass is 10.1. The molecule has 20 heavy (non-hydrogen) atoms. The molecule has 106 valence electrons. The van der Waals surface area contributed by atoms with Crippen LogP contribution < -0.4 is 10.5 Å². The number of hydrogen-bond donors (Lipinski definition) is 1. The van der Waals surface area contributed by atoms with Crippen LogP contribution in [0.2, 0.25) is 0 Å². The van der Waals surface area contributed by atoms with Gasteiger partial charge in [-0.25, -0.2) is 0 Å². The molecule has 1 aromatic carbocycles. The molecular formula is C16H21N3O. The summed E-state index contributed by atoms with van der Waals surface area (Å²) in [6.45, 7) is 1.78. The molecule has 0 spiro atoms. The van der Waals surface area contributed by atoms with Crippen molar-refractivity contribution in [1.82, 2.24) is 9.88 Å². The van der Waals surface area contributed by atoms with Gasteiger partial charge in [0.1, 0.15) is 5.75 Å². The molecule has 0 aliphatic rings. The third-order valence-corrected chi connectivity index (χ3v) is 3.23. The number of rotatable bonds is 6. The maximum Gasteiger partial charge on any atom is 0.125 e. The summed E-state index contributed by atoms with van der Waals surface area (Å²) < 4.78 is 5.37. The molecule has 1 heterocycles. The Hall–Kier alpha value is -2.07. The smallest absolute Gasteiger partial charge is 0.125 e. The van der Waals surface area contributed by atoms with Gasteiger partial charge in [-0.2, -0.15) is 0 Å². The summed E-state index contributed by atoms with van der Waals surface area (Å²) in [5.41, 5.74) is 8.75. The Balaban J connectivity index is 1.93. The number of benzene rings is 1. The lowest BCUT2D eigenvalue weighted by Gasteiger charge is -2.18. The van der Waals surface area contributed by atoms with Crippen LogP contribution in [0.5, 0.6) is 5.75 Å². The predicted octanol–water partition coefficient (Wildman–Crippen LogP) is 2.35. The SMILES string of the molecule is COc1cc(N)ccc1CN(C)CCc1ccccn1. The van der Waals surface area contributed by atoms with Crippen LogP contribution in [0, 0.1) is 0 Å². The van der Waals surface area contributed by atoms with Gasteiger partial charge in [-0.3, -0.25) is 4.98 Å². The Morgan fingerprint density at radius 2 is 2.10 bits per heavy atom. The number of likely N-dealkylation sites (N-methyl/N-ethyl adjacent to an activating group) is 1. The Bertz CT molecular complexity index is 543. The van der Waals surface area contributed by atoms with Crippen molar-refractivity contribution in [2.24, 2.45) is 0 Å². The molecule has 0 saturated heterocycles. The van der Waals surface area contributed by atoms with Crippen LogP contribution in [0.3, 0.4) is 0 Å². The number of ether oxygens (including phenoxy) is 1. The van der Waals surface area contributed by atoms with Gasteiger partial charge in [-0.15, -0.1) is 0 Å². The average molecular weight is 271 g/mol. The van der Waals surface area contributed by atoms with E-state index in [1.54, 1.807) is 7.11 Å². The van der Waals surface area contributed by atoms with Gasteiger partial charge in [0.25, 0.3) is 0 Å². The van der Waals surface area contributed by atoms with Gasteiger partial charge in [-0.1, -0.05) is 12.1 Å². The maximum atomic E-state index is 5.77. The van der Waals surface area contributed by atoms with Gasteiger partial charge in [0.05, 0.1) is 7.11 Å². The minimum atomic E-state index is 0.724. The van der Waals surface area contributed by atoms with Crippen LogP contribution in [0.15, 0.2) is 42.6 Å². The number of nitrogen functional groups attached to an aromatic ring is 1. The Morgan fingerprint density at radius 1 is 1.25 bits per heavy atom. The fourth-order valence-electron chi connectivity index (χ4n) is 2.11. The fourth-order valence-corrected chi connectivity index (χ4v) is 2.11. The molecule has 4 nitrogen and oxygen atoms in total. The molecule has 0 amide bonds. The predicted molar refractivity (Wildman–Crippen MR) is 81.7 cm³/mol. The zero-order valence-corrected chi connectivity index (χ0v) is 12.0. The van der Waals surface area contributed by atoms with E-state index in [2.05, 4.69) is 23.0 Å². The Labute approximate surface area is 120 Å². The van der Waals surface area contributed by atoms with E-state index >= 15 is 0 Å². The number of hydrogen-bond acceptors (Lipinski definition) is 4. The topological polar surface area (TPSA) is 51.4 Å². The second kappa shape index (κ2) is 6.91. The third-order valence-electron chi connectivity index (χ3n) is 3.23. The van der Waals surface area contributed by atoms with Gasteiger partial charge >= 0.3 is 0 Å². The van der Waals surface area contributed by atoms with E-state index in [9.17, 15) is 0 Å². The molecule has 0 fully saturated rings. The van der Waals surface area contributed by atoms with E-state index in [1.165, 1.54) is 0 Å². The largest absolute Gasteiger partial charge is 0.496 e. The molecule has 4 heteroatoms. The first kappa shape index (κ1) is 14.3. The third kappa shape index (κ3) is 3.96. The van der Waals surface area contributed by atoms with E-state index in [-0.39, 0.29) is 0 Å². The lowest BCUT2D eigenvalue weighted by molar-refractivity contribution is 0.320. The van der Waals surface area contributed by atoms with Gasteiger partial charge in [0.15, 0.2) is 0 Å². The minimum Gasteiger partial charge on any atom is -0.496 e. The molecule has 0 aliphatic heterocycles. The summed E-state index contributed by atoms with van der Waals surface area (Å²) in [6.07, 6.45) is 2.77. The van der Waals surface area contributed by atoms with Gasteiger partial charge < -0.3 is 15.4 Å². The molecule has 0 radical (unpaired) electrons. The van der Waals surface area contributed by atoms with Crippen molar-refractivity contribution in [3.05, 3.63) is 53.9 Å². The second-order valence-corrected chi connectivity index (χ2v) is 4.88. The fraction of sp³-hybridized carbons (Fsp3) is 0.312. The minimum absolute atomic E-state index is 0.724. The van der Waals surface area contributed by atoms with Crippen molar-refractivity contribution in [3.63, 3.8) is 0 Å². The van der Waals surface area contributed by atoms with Crippen LogP contribution in [-0.4, -0.2) is 30.6 Å². The number of anilines is 1. The van der Waals surface area contributed by atoms with Crippen LogP contribution in [0.25, 0.3) is 0 Å². The van der Waals surface area contributed by atoms with Crippen molar-refractivity contribution in [2.45, 2.75) is 13.0 Å². The molecule has 2 rings (SSSR count). The van der Waals surface area contributed by atoms with Crippen molar-refractivity contribution >= 4 is 5.69 Å². The monoisotopic (exact) mass is 271 g/mol. The van der Waals surface area contributed by atoms with E-state index in [0.717, 1.165) is 42.2 Å². The summed E-state index contributed by atoms with van der Waals surface area (Å²) in [6, 6.07) is 11.8. The summed E-state index contributed by atoms with van der Waals surface area (Å²) in [5, 5.41) is 0. The van der Waals surface area contributed by atoms with Crippen LogP contribution in [0.4, 0.5) is 5.69 Å². The number of nitrogens with zero attached hydrogens (tertiary/aromatic N) is 2. The molecule has 0 bridgehead atoms. The van der Waals surface area contributed by atoms with Crippen LogP contribution in [0.1, 0.15) is 11.3 Å². The normalized spacial score (nSPS) is 10.8. The highest BCUT2D eigenvalue weighted by Crippen LogP contribution is 2.22. The highest BCUT2D eigenvalue weighted by molar-refractivity contribution is 5.48. The Morgan fingerprint density at radius 3 is 2.80 bits per heavy atom. The summed E-state index contributed by atoms with van der Waals surface area (Å²) in [7, 11) is 3.77. The van der Waals surface area contributed by atoms with Gasteiger partial charge in [-0.05, 0) is 25.2 Å². The molecule has 0 saturated carbocycles. The number of nitrogens with two attached hydrogens (primary N) is 1. The molecule has 1 aromatic heterocycles. The lowest BCUT2D eigenvalue weighted by Crippen LogP contribution is -2.21. The van der Waals surface area contributed by atoms with E-state index in [4.69, 9.17) is 10.5 Å². The zero-order valence-electron chi connectivity index (χ0n) is 12.0.